The largest absolute Gasteiger partial charge is 0.497 e. The van der Waals surface area contributed by atoms with Gasteiger partial charge in [-0.25, -0.2) is 18.7 Å². The van der Waals surface area contributed by atoms with E-state index in [1.807, 2.05) is 39.0 Å². The quantitative estimate of drug-likeness (QED) is 0.362. The minimum absolute atomic E-state index is 0.0249. The third-order valence-electron chi connectivity index (χ3n) is 9.04. The second-order valence-corrected chi connectivity index (χ2v) is 15.1. The number of hydrogen-bond donors (Lipinski definition) is 2. The average Bonchev–Trinajstić information content (AvgIpc) is 3.86. The Morgan fingerprint density at radius 2 is 1.87 bits per heavy atom. The van der Waals surface area contributed by atoms with Gasteiger partial charge in [-0.05, 0) is 81.5 Å². The van der Waals surface area contributed by atoms with Crippen molar-refractivity contribution in [3.8, 4) is 11.6 Å². The van der Waals surface area contributed by atoms with Gasteiger partial charge in [0.05, 0.1) is 19.3 Å². The van der Waals surface area contributed by atoms with Gasteiger partial charge in [-0.15, -0.1) is 0 Å². The molecule has 2 heterocycles. The highest BCUT2D eigenvalue weighted by Crippen LogP contribution is 2.48. The Balaban J connectivity index is 1.35. The first kappa shape index (κ1) is 33.7. The van der Waals surface area contributed by atoms with Gasteiger partial charge in [-0.3, -0.25) is 14.5 Å². The Morgan fingerprint density at radius 1 is 1.15 bits per heavy atom. The Morgan fingerprint density at radius 3 is 2.46 bits per heavy atom. The molecule has 0 bridgehead atoms. The highest BCUT2D eigenvalue weighted by molar-refractivity contribution is 7.85. The molecule has 13 nitrogen and oxygen atoms in total. The van der Waals surface area contributed by atoms with E-state index in [0.29, 0.717) is 30.9 Å². The standard InChI is InChI=1S/C32H44N4O9S/c1-8-21-17-32(21,28(38)35-46(40,41)45-31(12-13-31)19(2)3)34-26(37)25-16-23(18-36(25)29(39)44-30(4,5)6)43-27-24-10-9-22(42-7)15-20(24)11-14-33-27/h9-11,14-15,19,21,23,25H,8,12-13,16-18H2,1-7H3,(H,34,37)(H,35,38). The lowest BCUT2D eigenvalue weighted by molar-refractivity contribution is -0.132. The Hall–Kier alpha value is -3.65. The number of pyridine rings is 1. The maximum atomic E-state index is 13.9. The van der Waals surface area contributed by atoms with Crippen molar-refractivity contribution >= 4 is 39.0 Å². The summed E-state index contributed by atoms with van der Waals surface area (Å²) in [6, 6.07) is 6.24. The number of amides is 3. The van der Waals surface area contributed by atoms with Crippen LogP contribution in [0.15, 0.2) is 30.5 Å². The van der Waals surface area contributed by atoms with Crippen molar-refractivity contribution in [2.75, 3.05) is 13.7 Å². The number of carbonyl (C=O) groups is 3. The monoisotopic (exact) mass is 660 g/mol. The van der Waals surface area contributed by atoms with E-state index < -0.39 is 57.1 Å². The first-order valence-electron chi connectivity index (χ1n) is 15.7. The van der Waals surface area contributed by atoms with Crippen LogP contribution in [0.2, 0.25) is 0 Å². The highest BCUT2D eigenvalue weighted by Gasteiger charge is 2.62. The summed E-state index contributed by atoms with van der Waals surface area (Å²) in [5.74, 6) is -0.824. The molecule has 5 rings (SSSR count). The zero-order chi connectivity index (χ0) is 33.7. The van der Waals surface area contributed by atoms with Crippen molar-refractivity contribution in [3.05, 3.63) is 30.5 Å². The Kier molecular flexibility index (Phi) is 8.92. The molecule has 3 fully saturated rings. The third-order valence-corrected chi connectivity index (χ3v) is 10.0. The van der Waals surface area contributed by atoms with Crippen LogP contribution in [0.1, 0.15) is 73.6 Å². The van der Waals surface area contributed by atoms with Gasteiger partial charge in [-0.2, -0.15) is 8.42 Å². The number of rotatable bonds is 11. The summed E-state index contributed by atoms with van der Waals surface area (Å²) >= 11 is 0. The molecule has 1 aromatic carbocycles. The van der Waals surface area contributed by atoms with Gasteiger partial charge in [0.2, 0.25) is 11.8 Å². The summed E-state index contributed by atoms with van der Waals surface area (Å²) in [5, 5.41) is 4.37. The van der Waals surface area contributed by atoms with E-state index in [2.05, 4.69) is 15.0 Å². The molecule has 2 aromatic rings. The van der Waals surface area contributed by atoms with E-state index in [9.17, 15) is 22.8 Å². The third kappa shape index (κ3) is 7.02. The number of ether oxygens (including phenoxy) is 3. The lowest BCUT2D eigenvalue weighted by Crippen LogP contribution is -2.57. The van der Waals surface area contributed by atoms with Crippen LogP contribution in [-0.4, -0.2) is 78.8 Å². The van der Waals surface area contributed by atoms with E-state index in [1.165, 1.54) is 4.90 Å². The van der Waals surface area contributed by atoms with Gasteiger partial charge in [0, 0.05) is 18.0 Å². The molecule has 2 N–H and O–H groups in total. The van der Waals surface area contributed by atoms with Crippen molar-refractivity contribution in [3.63, 3.8) is 0 Å². The number of hydrogen-bond acceptors (Lipinski definition) is 10. The van der Waals surface area contributed by atoms with E-state index in [4.69, 9.17) is 18.4 Å². The first-order chi connectivity index (χ1) is 21.5. The fourth-order valence-corrected chi connectivity index (χ4v) is 7.35. The second-order valence-electron chi connectivity index (χ2n) is 13.8. The van der Waals surface area contributed by atoms with Crippen LogP contribution in [0.25, 0.3) is 10.8 Å². The summed E-state index contributed by atoms with van der Waals surface area (Å²) in [7, 11) is -2.85. The maximum absolute atomic E-state index is 13.9. The maximum Gasteiger partial charge on any atom is 0.411 e. The lowest BCUT2D eigenvalue weighted by Gasteiger charge is -2.29. The predicted octanol–water partition coefficient (Wildman–Crippen LogP) is 3.85. The minimum atomic E-state index is -4.43. The van der Waals surface area contributed by atoms with Crippen LogP contribution in [0, 0.1) is 11.8 Å². The molecule has 1 aromatic heterocycles. The number of benzene rings is 1. The van der Waals surface area contributed by atoms with Crippen molar-refractivity contribution < 1.29 is 41.2 Å². The van der Waals surface area contributed by atoms with Crippen LogP contribution in [0.3, 0.4) is 0 Å². The summed E-state index contributed by atoms with van der Waals surface area (Å²) in [5.41, 5.74) is -3.12. The fraction of sp³-hybridized carbons (Fsp3) is 0.625. The van der Waals surface area contributed by atoms with Gasteiger partial charge in [0.15, 0.2) is 0 Å². The molecular formula is C32H44N4O9S. The van der Waals surface area contributed by atoms with Gasteiger partial charge in [-0.1, -0.05) is 27.2 Å². The zero-order valence-electron chi connectivity index (χ0n) is 27.4. The van der Waals surface area contributed by atoms with E-state index >= 15 is 0 Å². The molecule has 46 heavy (non-hydrogen) atoms. The average molecular weight is 661 g/mol. The topological polar surface area (TPSA) is 162 Å². The number of aromatic nitrogens is 1. The van der Waals surface area contributed by atoms with Crippen LogP contribution < -0.4 is 19.5 Å². The summed E-state index contributed by atoms with van der Waals surface area (Å²) in [6.45, 7) is 10.8. The van der Waals surface area contributed by atoms with Crippen molar-refractivity contribution in [1.29, 1.82) is 0 Å². The number of nitrogens with one attached hydrogen (secondary N) is 2. The van der Waals surface area contributed by atoms with Crippen LogP contribution in [-0.2, 0) is 28.8 Å². The van der Waals surface area contributed by atoms with Crippen molar-refractivity contribution in [2.45, 2.75) is 103 Å². The number of carbonyl (C=O) groups excluding carboxylic acids is 3. The first-order valence-corrected chi connectivity index (χ1v) is 17.1. The van der Waals surface area contributed by atoms with E-state index in [1.54, 1.807) is 40.1 Å². The molecule has 252 valence electrons. The van der Waals surface area contributed by atoms with Gasteiger partial charge < -0.3 is 19.5 Å². The molecule has 4 atom stereocenters. The molecule has 2 saturated carbocycles. The molecule has 1 aliphatic heterocycles. The molecule has 0 spiro atoms. The van der Waals surface area contributed by atoms with Crippen LogP contribution >= 0.6 is 0 Å². The van der Waals surface area contributed by atoms with Gasteiger partial charge in [0.1, 0.15) is 29.0 Å². The minimum Gasteiger partial charge on any atom is -0.497 e. The van der Waals surface area contributed by atoms with Crippen molar-refractivity contribution in [1.82, 2.24) is 19.9 Å². The number of fused-ring (bicyclic) bond motifs is 1. The molecule has 1 saturated heterocycles. The molecule has 0 radical (unpaired) electrons. The number of methoxy groups -OCH3 is 1. The molecule has 4 unspecified atom stereocenters. The SMILES string of the molecule is CCC1CC1(NC(=O)C1CC(Oc2nccc3cc(OC)ccc23)CN1C(=O)OC(C)(C)C)C(=O)NS(=O)(=O)OC1(C(C)C)CC1. The van der Waals surface area contributed by atoms with Gasteiger partial charge >= 0.3 is 16.4 Å². The lowest BCUT2D eigenvalue weighted by atomic mass is 10.1. The summed E-state index contributed by atoms with van der Waals surface area (Å²) in [6.07, 6.45) is 2.27. The normalized spacial score (nSPS) is 25.2. The Bertz CT molecular complexity index is 1620. The number of nitrogens with zero attached hydrogens (tertiary/aromatic N) is 2. The molecule has 14 heteroatoms. The summed E-state index contributed by atoms with van der Waals surface area (Å²) in [4.78, 5) is 46.4. The van der Waals surface area contributed by atoms with E-state index in [0.717, 1.165) is 10.8 Å². The molecular weight excluding hydrogens is 616 g/mol. The van der Waals surface area contributed by atoms with E-state index in [-0.39, 0.29) is 31.2 Å². The smallest absolute Gasteiger partial charge is 0.411 e. The molecule has 3 amide bonds. The fourth-order valence-electron chi connectivity index (χ4n) is 6.10. The molecule has 2 aliphatic carbocycles. The van der Waals surface area contributed by atoms with Crippen LogP contribution in [0.5, 0.6) is 11.6 Å². The van der Waals surface area contributed by atoms with Gasteiger partial charge in [0.25, 0.3) is 5.91 Å². The highest BCUT2D eigenvalue weighted by atomic mass is 32.2. The zero-order valence-corrected chi connectivity index (χ0v) is 28.2. The predicted molar refractivity (Wildman–Crippen MR) is 168 cm³/mol. The van der Waals surface area contributed by atoms with Crippen molar-refractivity contribution in [2.24, 2.45) is 11.8 Å². The summed E-state index contributed by atoms with van der Waals surface area (Å²) < 4.78 is 50.4. The van der Waals surface area contributed by atoms with Crippen LogP contribution in [0.4, 0.5) is 4.79 Å². The second kappa shape index (κ2) is 12.2. The Labute approximate surface area is 269 Å². The number of likely N-dealkylation sites (tertiary alicyclic amines) is 1. The molecule has 3 aliphatic rings.